The van der Waals surface area contributed by atoms with Gasteiger partial charge in [0.2, 0.25) is 18.1 Å². The lowest BCUT2D eigenvalue weighted by Gasteiger charge is -2.28. The Labute approximate surface area is 197 Å². The average molecular weight is 461 g/mol. The van der Waals surface area contributed by atoms with E-state index in [1.165, 1.54) is 0 Å². The van der Waals surface area contributed by atoms with Crippen molar-refractivity contribution in [3.05, 3.63) is 35.9 Å². The predicted molar refractivity (Wildman–Crippen MR) is 127 cm³/mol. The highest BCUT2D eigenvalue weighted by molar-refractivity contribution is 5.92. The van der Waals surface area contributed by atoms with Gasteiger partial charge in [0.15, 0.2) is 0 Å². The lowest BCUT2D eigenvalue weighted by Crippen LogP contribution is -2.57. The molecule has 3 amide bonds. The maximum absolute atomic E-state index is 13.0. The molecular formula is C25H38N3O5. The van der Waals surface area contributed by atoms with Crippen LogP contribution in [-0.2, 0) is 25.5 Å². The van der Waals surface area contributed by atoms with Gasteiger partial charge in [-0.15, -0.1) is 0 Å². The quantitative estimate of drug-likeness (QED) is 0.470. The van der Waals surface area contributed by atoms with Crippen LogP contribution in [0.3, 0.4) is 0 Å². The van der Waals surface area contributed by atoms with Crippen LogP contribution in [0.4, 0.5) is 4.79 Å². The molecule has 1 aromatic carbocycles. The highest BCUT2D eigenvalue weighted by Gasteiger charge is 2.31. The van der Waals surface area contributed by atoms with Gasteiger partial charge in [0, 0.05) is 6.42 Å². The van der Waals surface area contributed by atoms with Gasteiger partial charge in [-0.05, 0) is 44.6 Å². The van der Waals surface area contributed by atoms with Crippen LogP contribution in [0.25, 0.3) is 0 Å². The first-order valence-electron chi connectivity index (χ1n) is 11.3. The summed E-state index contributed by atoms with van der Waals surface area (Å²) in [6.45, 7) is 12.6. The third-order valence-electron chi connectivity index (χ3n) is 4.70. The first-order valence-corrected chi connectivity index (χ1v) is 11.3. The van der Waals surface area contributed by atoms with E-state index in [0.717, 1.165) is 5.56 Å². The van der Waals surface area contributed by atoms with Crippen LogP contribution in [0.5, 0.6) is 0 Å². The summed E-state index contributed by atoms with van der Waals surface area (Å²) in [6.07, 6.45) is 1.82. The van der Waals surface area contributed by atoms with Gasteiger partial charge in [0.25, 0.3) is 0 Å². The Balaban J connectivity index is 2.89. The molecule has 0 aromatic heterocycles. The molecule has 0 saturated heterocycles. The lowest BCUT2D eigenvalue weighted by molar-refractivity contribution is -0.131. The standard InChI is InChI=1S/C25H38N3O5/c1-16(2)13-20(22(30)26-19(15-29)14-18-11-9-8-10-12-18)27-23(31)21(17(3)4)28-24(32)33-25(5,6)7/h8-12,16-17,19-21H,13-14H2,1-7H3,(H,26,30)(H,27,31)(H,28,32)/t19-,20-,21-/m0/s1. The van der Waals surface area contributed by atoms with E-state index in [1.807, 2.05) is 50.5 Å². The first kappa shape index (κ1) is 28.1. The minimum absolute atomic E-state index is 0.102. The second-order valence-electron chi connectivity index (χ2n) is 9.93. The number of hydrogen-bond acceptors (Lipinski definition) is 5. The number of carbonyl (C=O) groups excluding carboxylic acids is 4. The molecule has 1 radical (unpaired) electrons. The molecule has 0 bridgehead atoms. The monoisotopic (exact) mass is 460 g/mol. The van der Waals surface area contributed by atoms with Crippen LogP contribution in [0.2, 0.25) is 0 Å². The van der Waals surface area contributed by atoms with Crippen LogP contribution in [0.1, 0.15) is 60.5 Å². The topological polar surface area (TPSA) is 114 Å². The van der Waals surface area contributed by atoms with E-state index in [4.69, 9.17) is 4.74 Å². The number of nitrogens with one attached hydrogen (secondary N) is 3. The molecule has 1 aromatic rings. The summed E-state index contributed by atoms with van der Waals surface area (Å²) < 4.78 is 5.26. The molecule has 0 aliphatic carbocycles. The fourth-order valence-corrected chi connectivity index (χ4v) is 3.18. The number of hydrogen-bond donors (Lipinski definition) is 3. The van der Waals surface area contributed by atoms with Crippen LogP contribution < -0.4 is 16.0 Å². The molecule has 0 heterocycles. The zero-order valence-electron chi connectivity index (χ0n) is 20.7. The molecule has 0 fully saturated rings. The second-order valence-corrected chi connectivity index (χ2v) is 9.93. The van der Waals surface area contributed by atoms with Crippen LogP contribution in [0, 0.1) is 11.8 Å². The van der Waals surface area contributed by atoms with E-state index in [1.54, 1.807) is 34.6 Å². The average Bonchev–Trinajstić information content (AvgIpc) is 2.69. The highest BCUT2D eigenvalue weighted by Crippen LogP contribution is 2.11. The molecule has 0 unspecified atom stereocenters. The predicted octanol–water partition coefficient (Wildman–Crippen LogP) is 2.90. The molecule has 0 aliphatic heterocycles. The van der Waals surface area contributed by atoms with Gasteiger partial charge in [-0.3, -0.25) is 14.4 Å². The Morgan fingerprint density at radius 1 is 0.939 bits per heavy atom. The van der Waals surface area contributed by atoms with Gasteiger partial charge in [0.1, 0.15) is 17.7 Å². The van der Waals surface area contributed by atoms with E-state index >= 15 is 0 Å². The Bertz CT molecular complexity index is 787. The third kappa shape index (κ3) is 11.0. The van der Waals surface area contributed by atoms with Crippen LogP contribution >= 0.6 is 0 Å². The smallest absolute Gasteiger partial charge is 0.408 e. The molecule has 0 saturated carbocycles. The minimum atomic E-state index is -0.889. The molecule has 0 aliphatic rings. The summed E-state index contributed by atoms with van der Waals surface area (Å²) in [5.41, 5.74) is 0.179. The summed E-state index contributed by atoms with van der Waals surface area (Å²) in [5.74, 6) is -1.10. The number of ether oxygens (including phenoxy) is 1. The largest absolute Gasteiger partial charge is 0.444 e. The van der Waals surface area contributed by atoms with Gasteiger partial charge < -0.3 is 20.7 Å². The molecule has 8 heteroatoms. The molecule has 183 valence electrons. The molecule has 3 atom stereocenters. The summed E-state index contributed by atoms with van der Waals surface area (Å²) in [7, 11) is 0. The molecule has 0 spiro atoms. The van der Waals surface area contributed by atoms with Crippen molar-refractivity contribution in [3.63, 3.8) is 0 Å². The Hall–Kier alpha value is -2.90. The van der Waals surface area contributed by atoms with Gasteiger partial charge in [-0.25, -0.2) is 4.79 Å². The highest BCUT2D eigenvalue weighted by atomic mass is 16.6. The van der Waals surface area contributed by atoms with E-state index in [9.17, 15) is 19.2 Å². The first-order chi connectivity index (χ1) is 15.3. The number of benzene rings is 1. The second kappa shape index (κ2) is 13.0. The van der Waals surface area contributed by atoms with Crippen LogP contribution in [-0.4, -0.2) is 47.9 Å². The van der Waals surface area contributed by atoms with Crippen molar-refractivity contribution in [2.45, 2.75) is 85.0 Å². The Kier molecular flexibility index (Phi) is 11.1. The fraction of sp³-hybridized carbons (Fsp3) is 0.600. The van der Waals surface area contributed by atoms with Gasteiger partial charge in [0.05, 0.1) is 6.04 Å². The van der Waals surface area contributed by atoms with E-state index in [2.05, 4.69) is 16.0 Å². The Morgan fingerprint density at radius 3 is 2.03 bits per heavy atom. The van der Waals surface area contributed by atoms with Gasteiger partial charge >= 0.3 is 6.09 Å². The maximum Gasteiger partial charge on any atom is 0.408 e. The van der Waals surface area contributed by atoms with Crippen molar-refractivity contribution in [1.29, 1.82) is 0 Å². The van der Waals surface area contributed by atoms with Crippen molar-refractivity contribution in [3.8, 4) is 0 Å². The molecular weight excluding hydrogens is 422 g/mol. The number of carbonyl (C=O) groups is 3. The van der Waals surface area contributed by atoms with Gasteiger partial charge in [-0.2, -0.15) is 0 Å². The summed E-state index contributed by atoms with van der Waals surface area (Å²) in [6, 6.07) is 6.69. The van der Waals surface area contributed by atoms with E-state index in [-0.39, 0.29) is 11.8 Å². The Morgan fingerprint density at radius 2 is 1.55 bits per heavy atom. The SMILES string of the molecule is CC(C)C[C@H](NC(=O)[C@@H](NC(=O)OC(C)(C)C)C(C)C)C(=O)N[C@H]([C]=O)Cc1ccccc1. The van der Waals surface area contributed by atoms with Crippen molar-refractivity contribution in [2.24, 2.45) is 11.8 Å². The van der Waals surface area contributed by atoms with E-state index < -0.39 is 41.6 Å². The summed E-state index contributed by atoms with van der Waals surface area (Å²) in [4.78, 5) is 49.6. The van der Waals surface area contributed by atoms with Crippen molar-refractivity contribution >= 4 is 24.2 Å². The zero-order chi connectivity index (χ0) is 25.2. The number of amides is 3. The molecule has 8 nitrogen and oxygen atoms in total. The zero-order valence-corrected chi connectivity index (χ0v) is 20.7. The lowest BCUT2D eigenvalue weighted by atomic mass is 9.99. The third-order valence-corrected chi connectivity index (χ3v) is 4.70. The maximum atomic E-state index is 13.0. The molecule has 3 N–H and O–H groups in total. The van der Waals surface area contributed by atoms with Crippen molar-refractivity contribution in [1.82, 2.24) is 16.0 Å². The molecule has 33 heavy (non-hydrogen) atoms. The minimum Gasteiger partial charge on any atom is -0.444 e. The summed E-state index contributed by atoms with van der Waals surface area (Å²) in [5, 5.41) is 8.00. The fourth-order valence-electron chi connectivity index (χ4n) is 3.18. The summed E-state index contributed by atoms with van der Waals surface area (Å²) >= 11 is 0. The van der Waals surface area contributed by atoms with Crippen LogP contribution in [0.15, 0.2) is 30.3 Å². The van der Waals surface area contributed by atoms with Crippen molar-refractivity contribution in [2.75, 3.05) is 0 Å². The van der Waals surface area contributed by atoms with E-state index in [0.29, 0.717) is 12.8 Å². The molecule has 1 rings (SSSR count). The van der Waals surface area contributed by atoms with Crippen molar-refractivity contribution < 1.29 is 23.9 Å². The normalized spacial score (nSPS) is 14.2. The number of rotatable bonds is 11. The number of alkyl carbamates (subject to hydrolysis) is 1. The van der Waals surface area contributed by atoms with Gasteiger partial charge in [-0.1, -0.05) is 58.0 Å².